The van der Waals surface area contributed by atoms with Gasteiger partial charge in [0, 0.05) is 12.6 Å². The molecule has 0 radical (unpaired) electrons. The summed E-state index contributed by atoms with van der Waals surface area (Å²) < 4.78 is 32.0. The Bertz CT molecular complexity index is 1220. The number of carbonyl (C=O) groups is 2. The average molecular weight is 585 g/mol. The number of benzene rings is 2. The highest BCUT2D eigenvalue weighted by molar-refractivity contribution is 7.92. The van der Waals surface area contributed by atoms with Crippen molar-refractivity contribution in [2.75, 3.05) is 23.7 Å². The topological polar surface area (TPSA) is 96.0 Å². The van der Waals surface area contributed by atoms with E-state index in [-0.39, 0.29) is 18.5 Å². The number of nitrogens with zero attached hydrogens (tertiary/aromatic N) is 2. The molecular formula is C27H35Cl2N3O5S. The van der Waals surface area contributed by atoms with Crippen molar-refractivity contribution in [2.45, 2.75) is 64.6 Å². The SMILES string of the molecule is CCOc1ccc(N(CC(=O)N(Cc2ccc(Cl)c(Cl)c2)C(CC)C(=O)NC2CCCC2)S(C)(=O)=O)cc1. The molecule has 1 N–H and O–H groups in total. The van der Waals surface area contributed by atoms with Crippen LogP contribution in [0.4, 0.5) is 5.69 Å². The van der Waals surface area contributed by atoms with Crippen molar-refractivity contribution >= 4 is 50.7 Å². The number of hydrogen-bond acceptors (Lipinski definition) is 5. The Labute approximate surface area is 235 Å². The first-order valence-electron chi connectivity index (χ1n) is 12.8. The number of rotatable bonds is 12. The van der Waals surface area contributed by atoms with Crippen LogP contribution in [0.3, 0.4) is 0 Å². The van der Waals surface area contributed by atoms with E-state index < -0.39 is 28.5 Å². The van der Waals surface area contributed by atoms with E-state index in [0.717, 1.165) is 36.2 Å². The van der Waals surface area contributed by atoms with Gasteiger partial charge in [0.05, 0.1) is 28.6 Å². The predicted octanol–water partition coefficient (Wildman–Crippen LogP) is 5.02. The summed E-state index contributed by atoms with van der Waals surface area (Å²) in [5, 5.41) is 3.78. The minimum absolute atomic E-state index is 0.0627. The number of nitrogens with one attached hydrogen (secondary N) is 1. The Kier molecular flexibility index (Phi) is 10.7. The summed E-state index contributed by atoms with van der Waals surface area (Å²) in [5.41, 5.74) is 0.995. The van der Waals surface area contributed by atoms with Crippen LogP contribution in [0.2, 0.25) is 10.0 Å². The van der Waals surface area contributed by atoms with Crippen molar-refractivity contribution < 1.29 is 22.7 Å². The average Bonchev–Trinajstić information content (AvgIpc) is 3.37. The third-order valence-corrected chi connectivity index (χ3v) is 8.42. The van der Waals surface area contributed by atoms with Gasteiger partial charge in [-0.05, 0) is 68.1 Å². The van der Waals surface area contributed by atoms with Gasteiger partial charge in [-0.3, -0.25) is 13.9 Å². The Morgan fingerprint density at radius 2 is 1.71 bits per heavy atom. The molecule has 38 heavy (non-hydrogen) atoms. The highest BCUT2D eigenvalue weighted by Crippen LogP contribution is 2.26. The number of hydrogen-bond donors (Lipinski definition) is 1. The number of carbonyl (C=O) groups excluding carboxylic acids is 2. The second kappa shape index (κ2) is 13.5. The zero-order chi connectivity index (χ0) is 27.9. The van der Waals surface area contributed by atoms with Crippen LogP contribution in [-0.4, -0.2) is 56.6 Å². The van der Waals surface area contributed by atoms with E-state index >= 15 is 0 Å². The number of sulfonamides is 1. The van der Waals surface area contributed by atoms with Crippen molar-refractivity contribution in [3.63, 3.8) is 0 Å². The van der Waals surface area contributed by atoms with Crippen molar-refractivity contribution in [1.29, 1.82) is 0 Å². The molecule has 0 heterocycles. The summed E-state index contributed by atoms with van der Waals surface area (Å²) in [6.45, 7) is 3.74. The number of amides is 2. The fraction of sp³-hybridized carbons (Fsp3) is 0.481. The molecule has 0 aromatic heterocycles. The standard InChI is InChI=1S/C27H35Cl2N3O5S/c1-4-25(27(34)30-20-8-6-7-9-20)31(17-19-10-15-23(28)24(29)16-19)26(33)18-32(38(3,35)36)21-11-13-22(14-12-21)37-5-2/h10-16,20,25H,4-9,17-18H2,1-3H3,(H,30,34). The number of ether oxygens (including phenoxy) is 1. The highest BCUT2D eigenvalue weighted by atomic mass is 35.5. The van der Waals surface area contributed by atoms with Gasteiger partial charge in [0.2, 0.25) is 21.8 Å². The molecule has 0 saturated heterocycles. The fourth-order valence-electron chi connectivity index (χ4n) is 4.61. The van der Waals surface area contributed by atoms with Crippen molar-refractivity contribution in [3.8, 4) is 5.75 Å². The minimum Gasteiger partial charge on any atom is -0.494 e. The van der Waals surface area contributed by atoms with Crippen LogP contribution < -0.4 is 14.4 Å². The molecule has 8 nitrogen and oxygen atoms in total. The van der Waals surface area contributed by atoms with E-state index in [4.69, 9.17) is 27.9 Å². The molecule has 0 spiro atoms. The lowest BCUT2D eigenvalue weighted by Crippen LogP contribution is -2.53. The lowest BCUT2D eigenvalue weighted by Gasteiger charge is -2.33. The van der Waals surface area contributed by atoms with Gasteiger partial charge in [-0.1, -0.05) is 49.0 Å². The van der Waals surface area contributed by atoms with Crippen LogP contribution in [0.15, 0.2) is 42.5 Å². The van der Waals surface area contributed by atoms with Crippen LogP contribution in [0.25, 0.3) is 0 Å². The normalized spacial score (nSPS) is 14.7. The van der Waals surface area contributed by atoms with Crippen molar-refractivity contribution in [3.05, 3.63) is 58.1 Å². The van der Waals surface area contributed by atoms with Crippen LogP contribution in [0, 0.1) is 0 Å². The molecule has 1 fully saturated rings. The predicted molar refractivity (Wildman–Crippen MR) is 151 cm³/mol. The van der Waals surface area contributed by atoms with Gasteiger partial charge in [0.15, 0.2) is 0 Å². The van der Waals surface area contributed by atoms with Gasteiger partial charge in [0.1, 0.15) is 18.3 Å². The number of anilines is 1. The lowest BCUT2D eigenvalue weighted by atomic mass is 10.1. The third-order valence-electron chi connectivity index (χ3n) is 6.54. The number of halogens is 2. The van der Waals surface area contributed by atoms with E-state index in [1.807, 2.05) is 13.8 Å². The van der Waals surface area contributed by atoms with Gasteiger partial charge >= 0.3 is 0 Å². The van der Waals surface area contributed by atoms with Gasteiger partial charge in [-0.15, -0.1) is 0 Å². The van der Waals surface area contributed by atoms with E-state index in [0.29, 0.717) is 40.1 Å². The van der Waals surface area contributed by atoms with Gasteiger partial charge in [-0.2, -0.15) is 0 Å². The van der Waals surface area contributed by atoms with Crippen LogP contribution >= 0.6 is 23.2 Å². The van der Waals surface area contributed by atoms with E-state index in [1.54, 1.807) is 42.5 Å². The molecule has 1 unspecified atom stereocenters. The molecule has 208 valence electrons. The van der Waals surface area contributed by atoms with Gasteiger partial charge in [0.25, 0.3) is 0 Å². The Hall–Kier alpha value is -2.49. The van der Waals surface area contributed by atoms with E-state index in [1.165, 1.54) is 4.90 Å². The second-order valence-electron chi connectivity index (χ2n) is 9.38. The summed E-state index contributed by atoms with van der Waals surface area (Å²) in [6, 6.07) is 10.8. The molecule has 0 aliphatic heterocycles. The molecule has 3 rings (SSSR count). The Balaban J connectivity index is 1.92. The minimum atomic E-state index is -3.82. The molecule has 11 heteroatoms. The second-order valence-corrected chi connectivity index (χ2v) is 12.1. The first kappa shape index (κ1) is 30.1. The maximum absolute atomic E-state index is 13.8. The first-order valence-corrected chi connectivity index (χ1v) is 15.4. The molecule has 1 atom stereocenters. The van der Waals surface area contributed by atoms with E-state index in [2.05, 4.69) is 5.32 Å². The fourth-order valence-corrected chi connectivity index (χ4v) is 5.78. The zero-order valence-electron chi connectivity index (χ0n) is 22.0. The third kappa shape index (κ3) is 8.01. The molecule has 1 aliphatic rings. The first-order chi connectivity index (χ1) is 18.0. The zero-order valence-corrected chi connectivity index (χ0v) is 24.3. The molecular weight excluding hydrogens is 549 g/mol. The maximum atomic E-state index is 13.8. The summed E-state index contributed by atoms with van der Waals surface area (Å²) in [4.78, 5) is 28.6. The molecule has 2 aromatic carbocycles. The Morgan fingerprint density at radius 1 is 1.05 bits per heavy atom. The quantitative estimate of drug-likeness (QED) is 0.378. The van der Waals surface area contributed by atoms with Gasteiger partial charge < -0.3 is 15.0 Å². The largest absolute Gasteiger partial charge is 0.494 e. The molecule has 0 bridgehead atoms. The lowest BCUT2D eigenvalue weighted by molar-refractivity contribution is -0.140. The highest BCUT2D eigenvalue weighted by Gasteiger charge is 2.33. The van der Waals surface area contributed by atoms with Crippen LogP contribution in [0.1, 0.15) is 51.5 Å². The molecule has 2 aromatic rings. The summed E-state index contributed by atoms with van der Waals surface area (Å²) in [5.74, 6) is -0.171. The van der Waals surface area contributed by atoms with Gasteiger partial charge in [-0.25, -0.2) is 8.42 Å². The smallest absolute Gasteiger partial charge is 0.244 e. The van der Waals surface area contributed by atoms with E-state index in [9.17, 15) is 18.0 Å². The maximum Gasteiger partial charge on any atom is 0.244 e. The van der Waals surface area contributed by atoms with Crippen LogP contribution in [0.5, 0.6) is 5.75 Å². The molecule has 1 aliphatic carbocycles. The molecule has 2 amide bonds. The Morgan fingerprint density at radius 3 is 2.26 bits per heavy atom. The van der Waals surface area contributed by atoms with Crippen molar-refractivity contribution in [2.24, 2.45) is 0 Å². The van der Waals surface area contributed by atoms with Crippen LogP contribution in [-0.2, 0) is 26.2 Å². The summed E-state index contributed by atoms with van der Waals surface area (Å²) in [7, 11) is -3.82. The summed E-state index contributed by atoms with van der Waals surface area (Å²) in [6.07, 6.45) is 5.32. The monoisotopic (exact) mass is 583 g/mol. The van der Waals surface area contributed by atoms with Crippen molar-refractivity contribution in [1.82, 2.24) is 10.2 Å². The summed E-state index contributed by atoms with van der Waals surface area (Å²) >= 11 is 12.3. The molecule has 1 saturated carbocycles.